The topological polar surface area (TPSA) is 60.2 Å². The van der Waals surface area contributed by atoms with Crippen molar-refractivity contribution in [2.75, 3.05) is 0 Å². The van der Waals surface area contributed by atoms with Crippen molar-refractivity contribution in [2.24, 2.45) is 17.6 Å². The first kappa shape index (κ1) is 11.0. The second-order valence-corrected chi connectivity index (χ2v) is 6.41. The number of allylic oxidation sites excluding steroid dienone is 1. The minimum absolute atomic E-state index is 0.0177. The zero-order valence-electron chi connectivity index (χ0n) is 7.64. The average molecular weight is 224 g/mol. The van der Waals surface area contributed by atoms with E-state index in [4.69, 9.17) is 16.4 Å². The first-order valence-electron chi connectivity index (χ1n) is 4.21. The maximum Gasteiger partial charge on any atom is 0.239 e. The summed E-state index contributed by atoms with van der Waals surface area (Å²) in [5.41, 5.74) is 5.68. The third-order valence-corrected chi connectivity index (χ3v) is 4.40. The number of hydrogen-bond donors (Lipinski definition) is 1. The van der Waals surface area contributed by atoms with Crippen molar-refractivity contribution < 1.29 is 8.42 Å². The minimum Gasteiger partial charge on any atom is -0.328 e. The summed E-state index contributed by atoms with van der Waals surface area (Å²) in [4.78, 5) is 0. The van der Waals surface area contributed by atoms with Crippen LogP contribution in [0, 0.1) is 11.8 Å². The Morgan fingerprint density at radius 3 is 2.15 bits per heavy atom. The van der Waals surface area contributed by atoms with E-state index in [0.717, 1.165) is 0 Å². The molecule has 13 heavy (non-hydrogen) atoms. The molecular weight excluding hydrogens is 210 g/mol. The van der Waals surface area contributed by atoms with E-state index in [2.05, 4.69) is 0 Å². The molecule has 0 spiro atoms. The lowest BCUT2D eigenvalue weighted by molar-refractivity contribution is 0.353. The zero-order chi connectivity index (χ0) is 10.2. The summed E-state index contributed by atoms with van der Waals surface area (Å²) >= 11 is 0. The fourth-order valence-electron chi connectivity index (χ4n) is 1.44. The van der Waals surface area contributed by atoms with E-state index < -0.39 is 14.3 Å². The molecule has 5 heteroatoms. The molecule has 0 fully saturated rings. The van der Waals surface area contributed by atoms with Gasteiger partial charge in [-0.1, -0.05) is 19.1 Å². The van der Waals surface area contributed by atoms with E-state index in [-0.39, 0.29) is 17.9 Å². The highest BCUT2D eigenvalue weighted by Gasteiger charge is 2.38. The third-order valence-electron chi connectivity index (χ3n) is 2.66. The molecular formula is C8H14ClNO2S. The normalized spacial score (nSPS) is 32.3. The van der Waals surface area contributed by atoms with Gasteiger partial charge >= 0.3 is 0 Å². The second kappa shape index (κ2) is 3.59. The first-order valence-corrected chi connectivity index (χ1v) is 6.58. The highest BCUT2D eigenvalue weighted by atomic mass is 35.7. The fourth-order valence-corrected chi connectivity index (χ4v) is 2.96. The number of nitrogens with two attached hydrogens (primary N) is 1. The van der Waals surface area contributed by atoms with Gasteiger partial charge in [0.15, 0.2) is 0 Å². The number of hydrogen-bond acceptors (Lipinski definition) is 3. The molecule has 0 saturated heterocycles. The van der Waals surface area contributed by atoms with E-state index in [9.17, 15) is 8.42 Å². The largest absolute Gasteiger partial charge is 0.328 e. The van der Waals surface area contributed by atoms with Crippen LogP contribution in [0.25, 0.3) is 0 Å². The van der Waals surface area contributed by atoms with Crippen LogP contribution in [0.1, 0.15) is 13.8 Å². The van der Waals surface area contributed by atoms with Gasteiger partial charge in [0.05, 0.1) is 0 Å². The molecule has 76 valence electrons. The molecule has 1 rings (SSSR count). The molecule has 1 aliphatic rings. The Labute approximate surface area is 83.4 Å². The Bertz CT molecular complexity index is 310. The van der Waals surface area contributed by atoms with Crippen LogP contribution in [0.2, 0.25) is 0 Å². The lowest BCUT2D eigenvalue weighted by Gasteiger charge is -2.33. The highest BCUT2D eigenvalue weighted by molar-refractivity contribution is 8.14. The monoisotopic (exact) mass is 223 g/mol. The van der Waals surface area contributed by atoms with Crippen LogP contribution in [-0.4, -0.2) is 19.7 Å². The Morgan fingerprint density at radius 1 is 1.38 bits per heavy atom. The Hall–Kier alpha value is -0.0600. The van der Waals surface area contributed by atoms with Gasteiger partial charge in [0, 0.05) is 22.6 Å². The molecule has 1 unspecified atom stereocenters. The van der Waals surface area contributed by atoms with Crippen molar-refractivity contribution >= 4 is 19.7 Å². The van der Waals surface area contributed by atoms with Crippen LogP contribution in [-0.2, 0) is 9.05 Å². The van der Waals surface area contributed by atoms with E-state index in [0.29, 0.717) is 0 Å². The number of halogens is 1. The Balaban J connectivity index is 2.73. The van der Waals surface area contributed by atoms with E-state index in [1.54, 1.807) is 6.08 Å². The van der Waals surface area contributed by atoms with Gasteiger partial charge in [-0.3, -0.25) is 0 Å². The molecule has 0 aromatic heterocycles. The molecule has 4 atom stereocenters. The third kappa shape index (κ3) is 2.24. The van der Waals surface area contributed by atoms with Crippen LogP contribution in [0.5, 0.6) is 0 Å². The van der Waals surface area contributed by atoms with Crippen molar-refractivity contribution in [1.82, 2.24) is 0 Å². The van der Waals surface area contributed by atoms with Crippen LogP contribution in [0.4, 0.5) is 0 Å². The molecule has 0 aromatic carbocycles. The van der Waals surface area contributed by atoms with E-state index >= 15 is 0 Å². The highest BCUT2D eigenvalue weighted by Crippen LogP contribution is 2.34. The van der Waals surface area contributed by atoms with E-state index in [1.807, 2.05) is 19.9 Å². The van der Waals surface area contributed by atoms with Gasteiger partial charge in [0.25, 0.3) is 0 Å². The van der Waals surface area contributed by atoms with Gasteiger partial charge < -0.3 is 5.73 Å². The van der Waals surface area contributed by atoms with Crippen LogP contribution in [0.3, 0.4) is 0 Å². The summed E-state index contributed by atoms with van der Waals surface area (Å²) in [6.45, 7) is 3.81. The van der Waals surface area contributed by atoms with Crippen molar-refractivity contribution in [3.05, 3.63) is 12.2 Å². The quantitative estimate of drug-likeness (QED) is 0.576. The average Bonchev–Trinajstić information content (AvgIpc) is 1.79. The summed E-state index contributed by atoms with van der Waals surface area (Å²) < 4.78 is 22.0. The molecule has 3 nitrogen and oxygen atoms in total. The zero-order valence-corrected chi connectivity index (χ0v) is 9.22. The molecule has 0 aliphatic heterocycles. The Kier molecular flexibility index (Phi) is 3.05. The lowest BCUT2D eigenvalue weighted by atomic mass is 9.80. The molecule has 1 aliphatic carbocycles. The van der Waals surface area contributed by atoms with Crippen molar-refractivity contribution in [2.45, 2.75) is 25.1 Å². The molecule has 0 amide bonds. The summed E-state index contributed by atoms with van der Waals surface area (Å²) in [7, 11) is 1.79. The van der Waals surface area contributed by atoms with E-state index in [1.165, 1.54) is 0 Å². The van der Waals surface area contributed by atoms with Crippen molar-refractivity contribution in [3.8, 4) is 0 Å². The van der Waals surface area contributed by atoms with Gasteiger partial charge in [0.2, 0.25) is 9.05 Å². The molecule has 2 N–H and O–H groups in total. The SMILES string of the molecule is C[C@H]([C@@H]1C=CC1S(=O)(=O)Cl)[C@@H](C)N. The second-order valence-electron chi connectivity index (χ2n) is 3.62. The van der Waals surface area contributed by atoms with Crippen molar-refractivity contribution in [1.29, 1.82) is 0 Å². The molecule has 0 aromatic rings. The van der Waals surface area contributed by atoms with Gasteiger partial charge in [-0.2, -0.15) is 0 Å². The van der Waals surface area contributed by atoms with Crippen LogP contribution >= 0.6 is 10.7 Å². The smallest absolute Gasteiger partial charge is 0.239 e. The summed E-state index contributed by atoms with van der Waals surface area (Å²) in [5.74, 6) is 0.117. The van der Waals surface area contributed by atoms with Gasteiger partial charge in [-0.25, -0.2) is 8.42 Å². The first-order chi connectivity index (χ1) is 5.84. The fraction of sp³-hybridized carbons (Fsp3) is 0.750. The van der Waals surface area contributed by atoms with Crippen LogP contribution in [0.15, 0.2) is 12.2 Å². The van der Waals surface area contributed by atoms with Gasteiger partial charge in [-0.05, 0) is 12.8 Å². The standard InChI is InChI=1S/C8H14ClNO2S/c1-5(6(2)10)7-3-4-8(7)13(9,11)12/h3-8H,10H2,1-2H3/t5-,6+,7-,8?/m0/s1. The number of rotatable bonds is 3. The predicted molar refractivity (Wildman–Crippen MR) is 54.0 cm³/mol. The maximum atomic E-state index is 11.0. The molecule has 0 bridgehead atoms. The van der Waals surface area contributed by atoms with Crippen molar-refractivity contribution in [3.63, 3.8) is 0 Å². The summed E-state index contributed by atoms with van der Waals surface area (Å²) in [5, 5.41) is -0.546. The van der Waals surface area contributed by atoms with Gasteiger partial charge in [-0.15, -0.1) is 0 Å². The summed E-state index contributed by atoms with van der Waals surface area (Å²) in [6, 6.07) is -0.0177. The summed E-state index contributed by atoms with van der Waals surface area (Å²) in [6.07, 6.45) is 3.48. The Morgan fingerprint density at radius 2 is 1.92 bits per heavy atom. The maximum absolute atomic E-state index is 11.0. The van der Waals surface area contributed by atoms with Gasteiger partial charge in [0.1, 0.15) is 5.25 Å². The molecule has 0 saturated carbocycles. The van der Waals surface area contributed by atoms with Crippen LogP contribution < -0.4 is 5.73 Å². The lowest BCUT2D eigenvalue weighted by Crippen LogP contribution is -2.41. The minimum atomic E-state index is -3.46. The predicted octanol–water partition coefficient (Wildman–Crippen LogP) is 1.09. The molecule has 0 radical (unpaired) electrons. The molecule has 0 heterocycles.